The molecule has 1 aliphatic carbocycles. The molecule has 2 bridgehead atoms. The van der Waals surface area contributed by atoms with Gasteiger partial charge in [0.25, 0.3) is 0 Å². The van der Waals surface area contributed by atoms with Gasteiger partial charge in [0.15, 0.2) is 0 Å². The van der Waals surface area contributed by atoms with Crippen LogP contribution in [0.25, 0.3) is 17.0 Å². The second-order valence-electron chi connectivity index (χ2n) is 9.46. The average molecular weight is 580 g/mol. The maximum absolute atomic E-state index is 13.2. The van der Waals surface area contributed by atoms with Crippen LogP contribution in [0.15, 0.2) is 29.3 Å². The summed E-state index contributed by atoms with van der Waals surface area (Å²) in [4.78, 5) is 21.5. The molecule has 210 valence electrons. The molecule has 0 amide bonds. The third-order valence-electron chi connectivity index (χ3n) is 6.43. The van der Waals surface area contributed by atoms with E-state index in [0.717, 1.165) is 4.40 Å². The lowest BCUT2D eigenvalue weighted by Crippen LogP contribution is -2.61. The summed E-state index contributed by atoms with van der Waals surface area (Å²) in [6, 6.07) is 4.03. The van der Waals surface area contributed by atoms with Crippen LogP contribution in [0, 0.1) is 6.92 Å². The van der Waals surface area contributed by atoms with Gasteiger partial charge in [0, 0.05) is 24.6 Å². The lowest BCUT2D eigenvalue weighted by atomic mass is 9.69. The molecule has 0 unspecified atom stereocenters. The van der Waals surface area contributed by atoms with E-state index in [-0.39, 0.29) is 35.6 Å². The van der Waals surface area contributed by atoms with Crippen molar-refractivity contribution in [1.82, 2.24) is 24.1 Å². The summed E-state index contributed by atoms with van der Waals surface area (Å²) in [6.07, 6.45) is -8.80. The van der Waals surface area contributed by atoms with E-state index in [2.05, 4.69) is 24.4 Å². The fraction of sp³-hybridized carbons (Fsp3) is 0.429. The third kappa shape index (κ3) is 4.87. The highest BCUT2D eigenvalue weighted by molar-refractivity contribution is 7.89. The Morgan fingerprint density at radius 1 is 1.18 bits per heavy atom. The quantitative estimate of drug-likeness (QED) is 0.331. The highest BCUT2D eigenvalue weighted by atomic mass is 32.2. The zero-order valence-electron chi connectivity index (χ0n) is 19.7. The number of sulfonamides is 1. The first-order valence-corrected chi connectivity index (χ1v) is 12.5. The molecule has 0 radical (unpaired) electrons. The van der Waals surface area contributed by atoms with Gasteiger partial charge in [-0.15, -0.1) is 0 Å². The van der Waals surface area contributed by atoms with E-state index in [0.29, 0.717) is 5.56 Å². The Balaban J connectivity index is 1.37. The lowest BCUT2D eigenvalue weighted by Gasteiger charge is -2.43. The van der Waals surface area contributed by atoms with Gasteiger partial charge in [0.2, 0.25) is 27.6 Å². The topological polar surface area (TPSA) is 151 Å². The zero-order chi connectivity index (χ0) is 28.6. The number of carbonyl (C=O) groups excluding carboxylic acids is 1. The number of imidazole rings is 1. The molecular weight excluding hydrogens is 562 g/mol. The Hall–Kier alpha value is -3.51. The van der Waals surface area contributed by atoms with Crippen LogP contribution in [0.5, 0.6) is 0 Å². The Kier molecular flexibility index (Phi) is 5.90. The van der Waals surface area contributed by atoms with Gasteiger partial charge in [-0.2, -0.15) is 36.3 Å². The minimum Gasteiger partial charge on any atom is -0.456 e. The summed E-state index contributed by atoms with van der Waals surface area (Å²) < 4.78 is 116. The second-order valence-corrected chi connectivity index (χ2v) is 11.1. The Morgan fingerprint density at radius 3 is 2.51 bits per heavy atom. The standard InChI is InChI=1S/C21H18F6N6O5S/c1-10-2-3-11(4-12(10)13-5-33-16(28)30-14(20(22,23)24)31-17(33)29-13)39(35,36)32-18-6-19(7-18,38-8-18)9-37-15(34)21(25,26)27/h2-5,32H,6-9H2,1H3,(H2,28,29,30,31). The first-order chi connectivity index (χ1) is 17.9. The van der Waals surface area contributed by atoms with Gasteiger partial charge >= 0.3 is 18.3 Å². The molecule has 3 aromatic rings. The van der Waals surface area contributed by atoms with E-state index in [9.17, 15) is 39.6 Å². The van der Waals surface area contributed by atoms with Crippen molar-refractivity contribution >= 4 is 27.7 Å². The van der Waals surface area contributed by atoms with E-state index < -0.39 is 63.6 Å². The number of nitrogens with one attached hydrogen (secondary N) is 1. The Bertz CT molecular complexity index is 1600. The smallest absolute Gasteiger partial charge is 0.456 e. The summed E-state index contributed by atoms with van der Waals surface area (Å²) in [5.41, 5.74) is 4.18. The van der Waals surface area contributed by atoms with Crippen molar-refractivity contribution in [3.05, 3.63) is 35.8 Å². The minimum atomic E-state index is -5.17. The highest BCUT2D eigenvalue weighted by Crippen LogP contribution is 2.52. The zero-order valence-corrected chi connectivity index (χ0v) is 20.5. The monoisotopic (exact) mass is 580 g/mol. The molecule has 2 aliphatic heterocycles. The van der Waals surface area contributed by atoms with Crippen LogP contribution in [0.2, 0.25) is 0 Å². The first-order valence-electron chi connectivity index (χ1n) is 11.0. The largest absolute Gasteiger partial charge is 0.490 e. The summed E-state index contributed by atoms with van der Waals surface area (Å²) in [5, 5.41) is 0. The number of alkyl halides is 6. The summed E-state index contributed by atoms with van der Waals surface area (Å²) in [7, 11) is -4.21. The predicted molar refractivity (Wildman–Crippen MR) is 118 cm³/mol. The van der Waals surface area contributed by atoms with Gasteiger partial charge in [0.05, 0.1) is 22.7 Å². The van der Waals surface area contributed by atoms with Crippen LogP contribution in [0.3, 0.4) is 0 Å². The fourth-order valence-electron chi connectivity index (χ4n) is 4.75. The van der Waals surface area contributed by atoms with Gasteiger partial charge in [-0.1, -0.05) is 6.07 Å². The molecule has 3 fully saturated rings. The van der Waals surface area contributed by atoms with Crippen LogP contribution in [-0.4, -0.2) is 64.3 Å². The van der Waals surface area contributed by atoms with Crippen LogP contribution in [0.1, 0.15) is 24.2 Å². The Morgan fingerprint density at radius 2 is 1.87 bits per heavy atom. The molecule has 3 N–H and O–H groups in total. The van der Waals surface area contributed by atoms with Crippen molar-refractivity contribution in [2.24, 2.45) is 0 Å². The van der Waals surface area contributed by atoms with Crippen LogP contribution in [-0.2, 0) is 30.5 Å². The number of nitrogens with zero attached hydrogens (tertiary/aromatic N) is 4. The third-order valence-corrected chi connectivity index (χ3v) is 8.01. The first kappa shape index (κ1) is 27.1. The molecule has 6 rings (SSSR count). The molecule has 11 nitrogen and oxygen atoms in total. The molecule has 3 aliphatic rings. The summed E-state index contributed by atoms with van der Waals surface area (Å²) in [5.74, 6) is -4.77. The number of esters is 1. The van der Waals surface area contributed by atoms with Gasteiger partial charge in [0.1, 0.15) is 12.2 Å². The van der Waals surface area contributed by atoms with Gasteiger partial charge in [-0.3, -0.25) is 4.40 Å². The number of halogens is 6. The van der Waals surface area contributed by atoms with Crippen molar-refractivity contribution in [2.45, 2.75) is 48.2 Å². The van der Waals surface area contributed by atoms with Gasteiger partial charge in [-0.25, -0.2) is 22.9 Å². The van der Waals surface area contributed by atoms with E-state index in [1.54, 1.807) is 6.92 Å². The molecule has 1 aromatic carbocycles. The van der Waals surface area contributed by atoms with Crippen LogP contribution >= 0.6 is 0 Å². The van der Waals surface area contributed by atoms with Gasteiger partial charge < -0.3 is 15.2 Å². The number of aryl methyl sites for hydroxylation is 1. The number of hydrogen-bond acceptors (Lipinski definition) is 9. The van der Waals surface area contributed by atoms with Crippen molar-refractivity contribution < 1.29 is 49.0 Å². The number of aromatic nitrogens is 4. The number of anilines is 1. The SMILES string of the molecule is Cc1ccc(S(=O)(=O)NC23COC(COC(=O)C(F)(F)F)(C2)C3)cc1-c1cn2c(N)nc(C(F)(F)F)nc2n1. The van der Waals surface area contributed by atoms with E-state index >= 15 is 0 Å². The number of nitrogens with two attached hydrogens (primary N) is 1. The number of benzene rings is 1. The van der Waals surface area contributed by atoms with Crippen molar-refractivity contribution in [3.63, 3.8) is 0 Å². The molecule has 39 heavy (non-hydrogen) atoms. The number of hydrogen-bond donors (Lipinski definition) is 2. The van der Waals surface area contributed by atoms with Crippen molar-refractivity contribution in [1.29, 1.82) is 0 Å². The molecule has 0 spiro atoms. The molecule has 2 aromatic heterocycles. The number of ether oxygens (including phenoxy) is 2. The number of nitrogen functional groups attached to an aromatic ring is 1. The van der Waals surface area contributed by atoms with Crippen molar-refractivity contribution in [2.75, 3.05) is 18.9 Å². The molecule has 4 heterocycles. The summed E-state index contributed by atoms with van der Waals surface area (Å²) >= 11 is 0. The lowest BCUT2D eigenvalue weighted by molar-refractivity contribution is -0.206. The molecule has 18 heteroatoms. The number of fused-ring (bicyclic) bond motifs is 2. The maximum atomic E-state index is 13.2. The maximum Gasteiger partial charge on any atom is 0.490 e. The van der Waals surface area contributed by atoms with E-state index in [1.807, 2.05) is 0 Å². The normalized spacial score (nSPS) is 23.2. The fourth-order valence-corrected chi connectivity index (χ4v) is 6.16. The second kappa shape index (κ2) is 8.49. The predicted octanol–water partition coefficient (Wildman–Crippen LogP) is 2.39. The summed E-state index contributed by atoms with van der Waals surface area (Å²) in [6.45, 7) is 0.797. The Labute approximate surface area is 215 Å². The number of rotatable bonds is 6. The van der Waals surface area contributed by atoms with E-state index in [1.165, 1.54) is 24.4 Å². The van der Waals surface area contributed by atoms with E-state index in [4.69, 9.17) is 10.5 Å². The van der Waals surface area contributed by atoms with Crippen LogP contribution < -0.4 is 10.5 Å². The minimum absolute atomic E-state index is 0.0188. The molecular formula is C21H18F6N6O5S. The number of carbonyl (C=O) groups is 1. The molecule has 1 saturated carbocycles. The van der Waals surface area contributed by atoms with Crippen molar-refractivity contribution in [3.8, 4) is 11.3 Å². The average Bonchev–Trinajstić information content (AvgIpc) is 3.47. The molecule has 0 atom stereocenters. The highest BCUT2D eigenvalue weighted by Gasteiger charge is 2.65. The van der Waals surface area contributed by atoms with Gasteiger partial charge in [-0.05, 0) is 24.6 Å². The van der Waals surface area contributed by atoms with Crippen LogP contribution in [0.4, 0.5) is 32.3 Å². The molecule has 2 saturated heterocycles.